The molecule has 0 fully saturated rings. The summed E-state index contributed by atoms with van der Waals surface area (Å²) in [5.41, 5.74) is 5.50. The van der Waals surface area contributed by atoms with Crippen LogP contribution in [0.1, 0.15) is 19.8 Å². The molecule has 1 rings (SSSR count). The minimum atomic E-state index is 0.668. The molecular weight excluding hydrogens is 218 g/mol. The Labute approximate surface area is 103 Å². The van der Waals surface area contributed by atoms with E-state index >= 15 is 0 Å². The fourth-order valence-electron chi connectivity index (χ4n) is 1.37. The average Bonchev–Trinajstić information content (AvgIpc) is 2.30. The van der Waals surface area contributed by atoms with Crippen LogP contribution < -0.4 is 10.5 Å². The van der Waals surface area contributed by atoms with Crippen LogP contribution in [0, 0.1) is 0 Å². The van der Waals surface area contributed by atoms with Crippen LogP contribution in [0.5, 0.6) is 5.75 Å². The molecule has 0 aliphatic heterocycles. The number of hydrogen-bond acceptors (Lipinski definition) is 3. The molecule has 90 valence electrons. The van der Waals surface area contributed by atoms with Gasteiger partial charge in [-0.25, -0.2) is 0 Å². The highest BCUT2D eigenvalue weighted by Crippen LogP contribution is 2.15. The highest BCUT2D eigenvalue weighted by Gasteiger charge is 2.00. The van der Waals surface area contributed by atoms with Gasteiger partial charge in [0, 0.05) is 5.25 Å². The van der Waals surface area contributed by atoms with Gasteiger partial charge in [0.05, 0.1) is 6.61 Å². The van der Waals surface area contributed by atoms with E-state index in [1.165, 1.54) is 0 Å². The standard InChI is InChI=1S/C13H21NOS/c1-12(8-9-14)16-11-5-10-15-13-6-3-2-4-7-13/h2-4,6-7,12H,5,8-11,14H2,1H3. The molecule has 1 aromatic rings. The third-order valence-electron chi connectivity index (χ3n) is 2.28. The van der Waals surface area contributed by atoms with Crippen molar-refractivity contribution >= 4 is 11.8 Å². The van der Waals surface area contributed by atoms with Crippen molar-refractivity contribution in [3.8, 4) is 5.75 Å². The third-order valence-corrected chi connectivity index (χ3v) is 3.61. The number of benzene rings is 1. The van der Waals surface area contributed by atoms with E-state index in [0.717, 1.165) is 37.5 Å². The quantitative estimate of drug-likeness (QED) is 0.708. The molecule has 0 aliphatic carbocycles. The molecule has 1 atom stereocenters. The Kier molecular flexibility index (Phi) is 7.10. The van der Waals surface area contributed by atoms with E-state index in [0.29, 0.717) is 5.25 Å². The Morgan fingerprint density at radius 3 is 2.75 bits per heavy atom. The summed E-state index contributed by atoms with van der Waals surface area (Å²) in [5.74, 6) is 2.11. The van der Waals surface area contributed by atoms with Gasteiger partial charge < -0.3 is 10.5 Å². The summed E-state index contributed by atoms with van der Waals surface area (Å²) >= 11 is 1.98. The predicted molar refractivity (Wildman–Crippen MR) is 72.1 cm³/mol. The molecule has 0 heterocycles. The van der Waals surface area contributed by atoms with Crippen LogP contribution in [0.4, 0.5) is 0 Å². The van der Waals surface area contributed by atoms with Gasteiger partial charge in [0.1, 0.15) is 5.75 Å². The fourth-order valence-corrected chi connectivity index (χ4v) is 2.36. The molecular formula is C13H21NOS. The molecule has 0 spiro atoms. The molecule has 0 aromatic heterocycles. The number of nitrogens with two attached hydrogens (primary N) is 1. The van der Waals surface area contributed by atoms with E-state index in [1.807, 2.05) is 42.1 Å². The van der Waals surface area contributed by atoms with Crippen molar-refractivity contribution in [2.75, 3.05) is 18.9 Å². The minimum absolute atomic E-state index is 0.668. The summed E-state index contributed by atoms with van der Waals surface area (Å²) in [6.07, 6.45) is 2.19. The van der Waals surface area contributed by atoms with Crippen molar-refractivity contribution < 1.29 is 4.74 Å². The second-order valence-corrected chi connectivity index (χ2v) is 5.32. The van der Waals surface area contributed by atoms with Gasteiger partial charge in [-0.05, 0) is 37.3 Å². The van der Waals surface area contributed by atoms with E-state index in [4.69, 9.17) is 10.5 Å². The molecule has 0 amide bonds. The van der Waals surface area contributed by atoms with Crippen LogP contribution in [0.3, 0.4) is 0 Å². The summed E-state index contributed by atoms with van der Waals surface area (Å²) in [6, 6.07) is 9.96. The first kappa shape index (κ1) is 13.4. The molecule has 1 aromatic carbocycles. The zero-order chi connectivity index (χ0) is 11.6. The average molecular weight is 239 g/mol. The number of ether oxygens (including phenoxy) is 1. The van der Waals surface area contributed by atoms with Crippen LogP contribution in [-0.4, -0.2) is 24.2 Å². The van der Waals surface area contributed by atoms with Gasteiger partial charge in [0.15, 0.2) is 0 Å². The van der Waals surface area contributed by atoms with Gasteiger partial charge in [-0.2, -0.15) is 11.8 Å². The molecule has 2 nitrogen and oxygen atoms in total. The lowest BCUT2D eigenvalue weighted by Crippen LogP contribution is -2.08. The lowest BCUT2D eigenvalue weighted by atomic mass is 10.3. The second-order valence-electron chi connectivity index (χ2n) is 3.77. The Hall–Kier alpha value is -0.670. The number of thioether (sulfide) groups is 1. The highest BCUT2D eigenvalue weighted by atomic mass is 32.2. The molecule has 3 heteroatoms. The monoisotopic (exact) mass is 239 g/mol. The Morgan fingerprint density at radius 1 is 1.31 bits per heavy atom. The van der Waals surface area contributed by atoms with Crippen molar-refractivity contribution in [3.05, 3.63) is 30.3 Å². The molecule has 0 radical (unpaired) electrons. The van der Waals surface area contributed by atoms with Gasteiger partial charge >= 0.3 is 0 Å². The van der Waals surface area contributed by atoms with Crippen molar-refractivity contribution in [1.82, 2.24) is 0 Å². The molecule has 0 saturated carbocycles. The maximum Gasteiger partial charge on any atom is 0.119 e. The maximum absolute atomic E-state index is 5.61. The molecule has 2 N–H and O–H groups in total. The lowest BCUT2D eigenvalue weighted by Gasteiger charge is -2.10. The summed E-state index contributed by atoms with van der Waals surface area (Å²) in [7, 11) is 0. The first-order chi connectivity index (χ1) is 7.83. The zero-order valence-electron chi connectivity index (χ0n) is 9.89. The van der Waals surface area contributed by atoms with Crippen molar-refractivity contribution in [2.24, 2.45) is 5.73 Å². The van der Waals surface area contributed by atoms with Crippen LogP contribution in [0.25, 0.3) is 0 Å². The SMILES string of the molecule is CC(CCN)SCCCOc1ccccc1. The predicted octanol–water partition coefficient (Wildman–Crippen LogP) is 2.93. The first-order valence-corrected chi connectivity index (χ1v) is 6.87. The van der Waals surface area contributed by atoms with Crippen molar-refractivity contribution in [2.45, 2.75) is 25.0 Å². The van der Waals surface area contributed by atoms with Crippen molar-refractivity contribution in [1.29, 1.82) is 0 Å². The topological polar surface area (TPSA) is 35.2 Å². The molecule has 0 saturated heterocycles. The van der Waals surface area contributed by atoms with Crippen LogP contribution in [0.15, 0.2) is 30.3 Å². The lowest BCUT2D eigenvalue weighted by molar-refractivity contribution is 0.318. The largest absolute Gasteiger partial charge is 0.494 e. The van der Waals surface area contributed by atoms with E-state index in [9.17, 15) is 0 Å². The molecule has 1 unspecified atom stereocenters. The molecule has 16 heavy (non-hydrogen) atoms. The Morgan fingerprint density at radius 2 is 2.06 bits per heavy atom. The molecule has 0 aliphatic rings. The summed E-state index contributed by atoms with van der Waals surface area (Å²) in [6.45, 7) is 3.82. The van der Waals surface area contributed by atoms with E-state index < -0.39 is 0 Å². The van der Waals surface area contributed by atoms with E-state index in [2.05, 4.69) is 6.92 Å². The minimum Gasteiger partial charge on any atom is -0.494 e. The number of rotatable bonds is 8. The normalized spacial score (nSPS) is 12.4. The van der Waals surface area contributed by atoms with Crippen LogP contribution in [0.2, 0.25) is 0 Å². The number of hydrogen-bond donors (Lipinski definition) is 1. The van der Waals surface area contributed by atoms with Crippen LogP contribution in [-0.2, 0) is 0 Å². The Bertz CT molecular complexity index is 266. The molecule has 0 bridgehead atoms. The smallest absolute Gasteiger partial charge is 0.119 e. The van der Waals surface area contributed by atoms with Crippen LogP contribution >= 0.6 is 11.8 Å². The fraction of sp³-hybridized carbons (Fsp3) is 0.538. The van der Waals surface area contributed by atoms with Gasteiger partial charge in [-0.15, -0.1) is 0 Å². The highest BCUT2D eigenvalue weighted by molar-refractivity contribution is 7.99. The van der Waals surface area contributed by atoms with Gasteiger partial charge in [-0.1, -0.05) is 25.1 Å². The number of para-hydroxylation sites is 1. The maximum atomic E-state index is 5.61. The van der Waals surface area contributed by atoms with Gasteiger partial charge in [0.25, 0.3) is 0 Å². The third kappa shape index (κ3) is 6.03. The summed E-state index contributed by atoms with van der Waals surface area (Å²) in [4.78, 5) is 0. The second kappa shape index (κ2) is 8.48. The first-order valence-electron chi connectivity index (χ1n) is 5.82. The zero-order valence-corrected chi connectivity index (χ0v) is 10.7. The summed E-state index contributed by atoms with van der Waals surface area (Å²) < 4.78 is 5.61. The van der Waals surface area contributed by atoms with Gasteiger partial charge in [-0.3, -0.25) is 0 Å². The van der Waals surface area contributed by atoms with E-state index in [-0.39, 0.29) is 0 Å². The van der Waals surface area contributed by atoms with Gasteiger partial charge in [0.2, 0.25) is 0 Å². The Balaban J connectivity index is 2.00. The van der Waals surface area contributed by atoms with Crippen molar-refractivity contribution in [3.63, 3.8) is 0 Å². The summed E-state index contributed by atoms with van der Waals surface area (Å²) in [5, 5.41) is 0.668. The van der Waals surface area contributed by atoms with E-state index in [1.54, 1.807) is 0 Å².